The number of carbonyl (C=O) groups excluding carboxylic acids is 2. The summed E-state index contributed by atoms with van der Waals surface area (Å²) >= 11 is 0. The highest BCUT2D eigenvalue weighted by atomic mass is 19.1. The van der Waals surface area contributed by atoms with Gasteiger partial charge in [0.25, 0.3) is 5.91 Å². The molecule has 24 heavy (non-hydrogen) atoms. The van der Waals surface area contributed by atoms with Crippen LogP contribution in [0.2, 0.25) is 0 Å². The number of rotatable bonds is 2. The Hall–Kier alpha value is -2.90. The Morgan fingerprint density at radius 1 is 1.38 bits per heavy atom. The van der Waals surface area contributed by atoms with Gasteiger partial charge in [0.1, 0.15) is 11.9 Å². The van der Waals surface area contributed by atoms with Crippen LogP contribution in [0, 0.1) is 5.82 Å². The SMILES string of the molecule is CC1C(=O)N(C)CCN1C(=O)c1nn(-c2cccc(F)c2)cc1O. The van der Waals surface area contributed by atoms with Crippen LogP contribution >= 0.6 is 0 Å². The maximum absolute atomic E-state index is 13.3. The zero-order valence-electron chi connectivity index (χ0n) is 13.3. The molecule has 1 saturated heterocycles. The summed E-state index contributed by atoms with van der Waals surface area (Å²) in [6.07, 6.45) is 1.24. The number of benzene rings is 1. The van der Waals surface area contributed by atoms with Gasteiger partial charge in [-0.3, -0.25) is 9.59 Å². The standard InChI is InChI=1S/C16H17FN4O3/c1-10-15(23)19(2)6-7-20(10)16(24)14-13(22)9-21(18-14)12-5-3-4-11(17)8-12/h3-5,8-10,22H,6-7H2,1-2H3. The Labute approximate surface area is 137 Å². The van der Waals surface area contributed by atoms with Crippen LogP contribution in [0.25, 0.3) is 5.69 Å². The highest BCUT2D eigenvalue weighted by Gasteiger charge is 2.35. The highest BCUT2D eigenvalue weighted by molar-refractivity contribution is 5.98. The Morgan fingerprint density at radius 3 is 2.83 bits per heavy atom. The van der Waals surface area contributed by atoms with Gasteiger partial charge in [-0.05, 0) is 25.1 Å². The summed E-state index contributed by atoms with van der Waals surface area (Å²) in [5, 5.41) is 14.1. The highest BCUT2D eigenvalue weighted by Crippen LogP contribution is 2.22. The van der Waals surface area contributed by atoms with E-state index in [0.717, 1.165) is 0 Å². The van der Waals surface area contributed by atoms with Crippen molar-refractivity contribution in [3.05, 3.63) is 42.0 Å². The summed E-state index contributed by atoms with van der Waals surface area (Å²) in [5.74, 6) is -1.47. The Kier molecular flexibility index (Phi) is 3.96. The number of hydrogen-bond acceptors (Lipinski definition) is 4. The van der Waals surface area contributed by atoms with Crippen molar-refractivity contribution in [2.45, 2.75) is 13.0 Å². The average Bonchev–Trinajstić information content (AvgIpc) is 2.94. The molecule has 1 aliphatic rings. The number of nitrogens with zero attached hydrogens (tertiary/aromatic N) is 4. The van der Waals surface area contributed by atoms with E-state index in [2.05, 4.69) is 5.10 Å². The zero-order chi connectivity index (χ0) is 17.4. The first-order chi connectivity index (χ1) is 11.4. The number of piperazine rings is 1. The normalized spacial score (nSPS) is 18.1. The molecule has 0 saturated carbocycles. The van der Waals surface area contributed by atoms with Crippen molar-refractivity contribution >= 4 is 11.8 Å². The van der Waals surface area contributed by atoms with E-state index in [9.17, 15) is 19.1 Å². The lowest BCUT2D eigenvalue weighted by Crippen LogP contribution is -2.56. The summed E-state index contributed by atoms with van der Waals surface area (Å²) in [6, 6.07) is 5.01. The summed E-state index contributed by atoms with van der Waals surface area (Å²) in [4.78, 5) is 27.6. The van der Waals surface area contributed by atoms with Crippen LogP contribution in [0.4, 0.5) is 4.39 Å². The van der Waals surface area contributed by atoms with Crippen molar-refractivity contribution in [3.8, 4) is 11.4 Å². The van der Waals surface area contributed by atoms with E-state index in [-0.39, 0.29) is 17.4 Å². The van der Waals surface area contributed by atoms with Crippen LogP contribution < -0.4 is 0 Å². The molecule has 3 rings (SSSR count). The number of aromatic hydroxyl groups is 1. The van der Waals surface area contributed by atoms with Gasteiger partial charge in [-0.1, -0.05) is 6.07 Å². The van der Waals surface area contributed by atoms with Crippen molar-refractivity contribution in [2.75, 3.05) is 20.1 Å². The number of halogens is 1. The number of hydrogen-bond donors (Lipinski definition) is 1. The van der Waals surface area contributed by atoms with Crippen LogP contribution in [-0.2, 0) is 4.79 Å². The summed E-state index contributed by atoms with van der Waals surface area (Å²) in [6.45, 7) is 2.41. The maximum atomic E-state index is 13.3. The second-order valence-electron chi connectivity index (χ2n) is 5.72. The molecule has 0 aliphatic carbocycles. The monoisotopic (exact) mass is 332 g/mol. The number of likely N-dealkylation sites (N-methyl/N-ethyl adjacent to an activating group) is 1. The minimum Gasteiger partial charge on any atom is -0.504 e. The van der Waals surface area contributed by atoms with E-state index in [1.807, 2.05) is 0 Å². The molecule has 1 aliphatic heterocycles. The van der Waals surface area contributed by atoms with Crippen LogP contribution in [0.3, 0.4) is 0 Å². The van der Waals surface area contributed by atoms with Gasteiger partial charge in [0.2, 0.25) is 5.91 Å². The zero-order valence-corrected chi connectivity index (χ0v) is 13.3. The number of aromatic nitrogens is 2. The molecule has 0 spiro atoms. The summed E-state index contributed by atoms with van der Waals surface area (Å²) in [5.41, 5.74) is 0.218. The van der Waals surface area contributed by atoms with E-state index in [4.69, 9.17) is 0 Å². The predicted molar refractivity (Wildman–Crippen MR) is 83.3 cm³/mol. The lowest BCUT2D eigenvalue weighted by atomic mass is 10.1. The molecule has 1 aromatic carbocycles. The minimum atomic E-state index is -0.630. The molecule has 1 aromatic heterocycles. The van der Waals surface area contributed by atoms with E-state index in [1.54, 1.807) is 24.9 Å². The second kappa shape index (κ2) is 5.95. The van der Waals surface area contributed by atoms with Gasteiger partial charge in [0.15, 0.2) is 11.4 Å². The molecule has 1 unspecified atom stereocenters. The summed E-state index contributed by atoms with van der Waals surface area (Å²) < 4.78 is 14.5. The molecule has 0 bridgehead atoms. The van der Waals surface area contributed by atoms with E-state index < -0.39 is 17.8 Å². The number of carbonyl (C=O) groups is 2. The third kappa shape index (κ3) is 2.70. The fourth-order valence-corrected chi connectivity index (χ4v) is 2.70. The molecule has 2 heterocycles. The van der Waals surface area contributed by atoms with Crippen LogP contribution in [-0.4, -0.2) is 62.7 Å². The van der Waals surface area contributed by atoms with Gasteiger partial charge in [-0.15, -0.1) is 0 Å². The maximum Gasteiger partial charge on any atom is 0.278 e. The van der Waals surface area contributed by atoms with Crippen LogP contribution in [0.1, 0.15) is 17.4 Å². The van der Waals surface area contributed by atoms with Gasteiger partial charge in [0.05, 0.1) is 11.9 Å². The van der Waals surface area contributed by atoms with Crippen molar-refractivity contribution < 1.29 is 19.1 Å². The van der Waals surface area contributed by atoms with E-state index in [1.165, 1.54) is 34.0 Å². The topological polar surface area (TPSA) is 78.7 Å². The Bertz CT molecular complexity index is 804. The van der Waals surface area contributed by atoms with Crippen molar-refractivity contribution in [1.82, 2.24) is 19.6 Å². The van der Waals surface area contributed by atoms with E-state index in [0.29, 0.717) is 18.8 Å². The molecular weight excluding hydrogens is 315 g/mol. The van der Waals surface area contributed by atoms with Crippen molar-refractivity contribution in [3.63, 3.8) is 0 Å². The quantitative estimate of drug-likeness (QED) is 0.891. The Morgan fingerprint density at radius 2 is 2.12 bits per heavy atom. The van der Waals surface area contributed by atoms with Gasteiger partial charge in [-0.2, -0.15) is 5.10 Å². The lowest BCUT2D eigenvalue weighted by molar-refractivity contribution is -0.137. The van der Waals surface area contributed by atoms with Gasteiger partial charge < -0.3 is 14.9 Å². The fourth-order valence-electron chi connectivity index (χ4n) is 2.70. The molecule has 0 radical (unpaired) electrons. The average molecular weight is 332 g/mol. The first-order valence-electron chi connectivity index (χ1n) is 7.49. The molecule has 8 heteroatoms. The first-order valence-corrected chi connectivity index (χ1v) is 7.49. The predicted octanol–water partition coefficient (Wildman–Crippen LogP) is 1.02. The molecule has 2 amide bonds. The van der Waals surface area contributed by atoms with E-state index >= 15 is 0 Å². The van der Waals surface area contributed by atoms with Crippen molar-refractivity contribution in [2.24, 2.45) is 0 Å². The first kappa shape index (κ1) is 16.0. The molecule has 1 atom stereocenters. The van der Waals surface area contributed by atoms with Crippen molar-refractivity contribution in [1.29, 1.82) is 0 Å². The summed E-state index contributed by atoms with van der Waals surface area (Å²) in [7, 11) is 1.68. The van der Waals surface area contributed by atoms with Crippen LogP contribution in [0.5, 0.6) is 5.75 Å². The number of amides is 2. The van der Waals surface area contributed by atoms with Gasteiger partial charge >= 0.3 is 0 Å². The fraction of sp³-hybridized carbons (Fsp3) is 0.312. The second-order valence-corrected chi connectivity index (χ2v) is 5.72. The molecule has 126 valence electrons. The largest absolute Gasteiger partial charge is 0.504 e. The van der Waals surface area contributed by atoms with Crippen LogP contribution in [0.15, 0.2) is 30.5 Å². The lowest BCUT2D eigenvalue weighted by Gasteiger charge is -2.36. The Balaban J connectivity index is 1.90. The molecule has 2 aromatic rings. The molecule has 1 N–H and O–H groups in total. The third-order valence-corrected chi connectivity index (χ3v) is 4.11. The van der Waals surface area contributed by atoms with Gasteiger partial charge in [-0.25, -0.2) is 9.07 Å². The molecule has 7 nitrogen and oxygen atoms in total. The molecular formula is C16H17FN4O3. The third-order valence-electron chi connectivity index (χ3n) is 4.11. The van der Waals surface area contributed by atoms with Gasteiger partial charge in [0, 0.05) is 20.1 Å². The smallest absolute Gasteiger partial charge is 0.278 e. The minimum absolute atomic E-state index is 0.163. The molecule has 1 fully saturated rings.